The molecular weight excluding hydrogens is 584 g/mol. The van der Waals surface area contributed by atoms with Crippen molar-refractivity contribution in [2.45, 2.75) is 58.2 Å². The number of methoxy groups -OCH3 is 1. The SMILES string of the molecule is CCc1ccc(NC(=O)CN(Cc2ccccc2CNC)C(=O)C2(OC)CCN(C(C)=O)CC2)cc1CC(=O)Nc1ccccn1. The standard InChI is InChI=1S/C35H44N6O5/c1-5-26-13-14-30(20-29(26)21-32(43)39-31-12-8-9-17-37-31)38-33(44)24-41(23-28-11-7-6-10-27(28)22-36-3)34(45)35(46-4)15-18-40(19-16-35)25(2)42/h6-14,17,20,36H,5,15-16,18-19,21-24H2,1-4H3,(H,38,44)(H,37,39,43). The number of carbonyl (C=O) groups is 4. The number of pyridine rings is 1. The van der Waals surface area contributed by atoms with Crippen molar-refractivity contribution >= 4 is 35.1 Å². The van der Waals surface area contributed by atoms with Crippen molar-refractivity contribution in [3.05, 3.63) is 89.1 Å². The van der Waals surface area contributed by atoms with Gasteiger partial charge in [0.05, 0.1) is 6.42 Å². The van der Waals surface area contributed by atoms with E-state index in [1.165, 1.54) is 14.0 Å². The van der Waals surface area contributed by atoms with Crippen LogP contribution in [-0.2, 0) is 49.8 Å². The van der Waals surface area contributed by atoms with Crippen molar-refractivity contribution in [1.82, 2.24) is 20.1 Å². The second-order valence-electron chi connectivity index (χ2n) is 11.5. The largest absolute Gasteiger partial charge is 0.368 e. The average Bonchev–Trinajstić information content (AvgIpc) is 3.05. The number of aryl methyl sites for hydroxylation is 1. The number of ether oxygens (including phenoxy) is 1. The van der Waals surface area contributed by atoms with Gasteiger partial charge in [0.15, 0.2) is 0 Å². The highest BCUT2D eigenvalue weighted by Gasteiger charge is 2.45. The zero-order valence-electron chi connectivity index (χ0n) is 27.1. The molecule has 3 aromatic rings. The molecule has 1 aliphatic heterocycles. The Morgan fingerprint density at radius 2 is 1.63 bits per heavy atom. The molecule has 1 saturated heterocycles. The van der Waals surface area contributed by atoms with E-state index in [1.54, 1.807) is 46.3 Å². The summed E-state index contributed by atoms with van der Waals surface area (Å²) in [4.78, 5) is 60.0. The van der Waals surface area contributed by atoms with Gasteiger partial charge in [-0.15, -0.1) is 0 Å². The fraction of sp³-hybridized carbons (Fsp3) is 0.400. The van der Waals surface area contributed by atoms with E-state index in [0.29, 0.717) is 44.0 Å². The Morgan fingerprint density at radius 3 is 2.26 bits per heavy atom. The molecule has 3 N–H and O–H groups in total. The maximum absolute atomic E-state index is 14.3. The van der Waals surface area contributed by atoms with Gasteiger partial charge in [-0.3, -0.25) is 19.2 Å². The van der Waals surface area contributed by atoms with Crippen molar-refractivity contribution in [3.8, 4) is 0 Å². The van der Waals surface area contributed by atoms with Crippen molar-refractivity contribution in [2.24, 2.45) is 0 Å². The molecule has 1 aromatic heterocycles. The minimum atomic E-state index is -1.15. The van der Waals surface area contributed by atoms with Gasteiger partial charge in [0.1, 0.15) is 18.0 Å². The van der Waals surface area contributed by atoms with Crippen LogP contribution in [0.2, 0.25) is 0 Å². The molecule has 4 rings (SSSR count). The van der Waals surface area contributed by atoms with Gasteiger partial charge in [0.25, 0.3) is 5.91 Å². The van der Waals surface area contributed by atoms with Gasteiger partial charge in [-0.1, -0.05) is 43.3 Å². The Kier molecular flexibility index (Phi) is 12.0. The monoisotopic (exact) mass is 628 g/mol. The summed E-state index contributed by atoms with van der Waals surface area (Å²) in [5, 5.41) is 8.91. The fourth-order valence-electron chi connectivity index (χ4n) is 5.84. The molecule has 0 bridgehead atoms. The first-order valence-electron chi connectivity index (χ1n) is 15.6. The quantitative estimate of drug-likeness (QED) is 0.264. The number of carbonyl (C=O) groups excluding carboxylic acids is 4. The summed E-state index contributed by atoms with van der Waals surface area (Å²) in [5.41, 5.74) is 3.09. The lowest BCUT2D eigenvalue weighted by Gasteiger charge is -2.42. The molecule has 0 aliphatic carbocycles. The Hall–Kier alpha value is -4.61. The number of nitrogens with one attached hydrogen (secondary N) is 3. The van der Waals surface area contributed by atoms with E-state index in [9.17, 15) is 19.2 Å². The van der Waals surface area contributed by atoms with Crippen LogP contribution in [0.5, 0.6) is 0 Å². The van der Waals surface area contributed by atoms with Gasteiger partial charge >= 0.3 is 0 Å². The van der Waals surface area contributed by atoms with Crippen LogP contribution in [0.1, 0.15) is 48.9 Å². The molecular formula is C35H44N6O5. The van der Waals surface area contributed by atoms with Crippen LogP contribution < -0.4 is 16.0 Å². The van der Waals surface area contributed by atoms with E-state index in [1.807, 2.05) is 44.3 Å². The van der Waals surface area contributed by atoms with Crippen LogP contribution in [0.25, 0.3) is 0 Å². The Bertz CT molecular complexity index is 1520. The first kappa shape index (κ1) is 34.3. The first-order chi connectivity index (χ1) is 22.2. The molecule has 0 atom stereocenters. The molecule has 2 heterocycles. The highest BCUT2D eigenvalue weighted by atomic mass is 16.5. The third-order valence-electron chi connectivity index (χ3n) is 8.42. The molecule has 0 spiro atoms. The summed E-state index contributed by atoms with van der Waals surface area (Å²) in [6, 6.07) is 18.6. The Morgan fingerprint density at radius 1 is 0.913 bits per heavy atom. The number of piperidine rings is 1. The number of likely N-dealkylation sites (tertiary alicyclic amines) is 1. The predicted octanol–water partition coefficient (Wildman–Crippen LogP) is 3.54. The molecule has 4 amide bonds. The number of anilines is 2. The van der Waals surface area contributed by atoms with Crippen LogP contribution in [0.15, 0.2) is 66.9 Å². The second kappa shape index (κ2) is 16.1. The fourth-order valence-corrected chi connectivity index (χ4v) is 5.84. The Labute approximate surface area is 270 Å². The van der Waals surface area contributed by atoms with Gasteiger partial charge in [-0.05, 0) is 60.0 Å². The molecule has 244 valence electrons. The van der Waals surface area contributed by atoms with Crippen LogP contribution in [0.4, 0.5) is 11.5 Å². The number of rotatable bonds is 13. The van der Waals surface area contributed by atoms with Crippen molar-refractivity contribution < 1.29 is 23.9 Å². The lowest BCUT2D eigenvalue weighted by atomic mass is 9.89. The Balaban J connectivity index is 1.54. The molecule has 1 aliphatic rings. The second-order valence-corrected chi connectivity index (χ2v) is 11.5. The molecule has 0 unspecified atom stereocenters. The van der Waals surface area contributed by atoms with Gasteiger partial charge in [0, 0.05) is 64.9 Å². The third-order valence-corrected chi connectivity index (χ3v) is 8.42. The zero-order valence-corrected chi connectivity index (χ0v) is 27.1. The zero-order chi connectivity index (χ0) is 33.1. The van der Waals surface area contributed by atoms with Crippen LogP contribution in [0.3, 0.4) is 0 Å². The maximum atomic E-state index is 14.3. The van der Waals surface area contributed by atoms with E-state index in [-0.39, 0.29) is 43.1 Å². The van der Waals surface area contributed by atoms with E-state index < -0.39 is 5.60 Å². The summed E-state index contributed by atoms with van der Waals surface area (Å²) in [5.74, 6) is -0.454. The van der Waals surface area contributed by atoms with Gasteiger partial charge in [-0.2, -0.15) is 0 Å². The highest BCUT2D eigenvalue weighted by Crippen LogP contribution is 2.29. The summed E-state index contributed by atoms with van der Waals surface area (Å²) < 4.78 is 5.87. The molecule has 1 fully saturated rings. The molecule has 2 aromatic carbocycles. The number of benzene rings is 2. The van der Waals surface area contributed by atoms with Crippen molar-refractivity contribution in [1.29, 1.82) is 0 Å². The lowest BCUT2D eigenvalue weighted by molar-refractivity contribution is -0.164. The van der Waals surface area contributed by atoms with Gasteiger partial charge in [0.2, 0.25) is 17.7 Å². The summed E-state index contributed by atoms with van der Waals surface area (Å²) in [6.45, 7) is 4.92. The summed E-state index contributed by atoms with van der Waals surface area (Å²) >= 11 is 0. The van der Waals surface area contributed by atoms with Crippen molar-refractivity contribution in [2.75, 3.05) is 44.4 Å². The lowest BCUT2D eigenvalue weighted by Crippen LogP contribution is -2.57. The van der Waals surface area contributed by atoms with E-state index >= 15 is 0 Å². The van der Waals surface area contributed by atoms with Gasteiger partial charge in [-0.25, -0.2) is 4.98 Å². The average molecular weight is 629 g/mol. The number of hydrogen-bond acceptors (Lipinski definition) is 7. The minimum Gasteiger partial charge on any atom is -0.368 e. The number of hydrogen-bond donors (Lipinski definition) is 3. The van der Waals surface area contributed by atoms with Gasteiger partial charge < -0.3 is 30.5 Å². The molecule has 0 radical (unpaired) electrons. The molecule has 46 heavy (non-hydrogen) atoms. The summed E-state index contributed by atoms with van der Waals surface area (Å²) in [6.07, 6.45) is 3.11. The smallest absolute Gasteiger partial charge is 0.255 e. The number of nitrogens with zero attached hydrogens (tertiary/aromatic N) is 3. The topological polar surface area (TPSA) is 133 Å². The molecule has 0 saturated carbocycles. The number of aromatic nitrogens is 1. The number of amides is 4. The summed E-state index contributed by atoms with van der Waals surface area (Å²) in [7, 11) is 3.37. The van der Waals surface area contributed by atoms with Crippen LogP contribution >= 0.6 is 0 Å². The van der Waals surface area contributed by atoms with E-state index in [4.69, 9.17) is 4.74 Å². The minimum absolute atomic E-state index is 0.0444. The van der Waals surface area contributed by atoms with Crippen LogP contribution in [0, 0.1) is 0 Å². The molecule has 11 nitrogen and oxygen atoms in total. The van der Waals surface area contributed by atoms with Crippen LogP contribution in [-0.4, -0.2) is 77.8 Å². The predicted molar refractivity (Wildman–Crippen MR) is 177 cm³/mol. The maximum Gasteiger partial charge on any atom is 0.255 e. The van der Waals surface area contributed by atoms with E-state index in [0.717, 1.165) is 28.7 Å². The van der Waals surface area contributed by atoms with E-state index in [2.05, 4.69) is 20.9 Å². The highest BCUT2D eigenvalue weighted by molar-refractivity contribution is 5.97. The van der Waals surface area contributed by atoms with Crippen molar-refractivity contribution in [3.63, 3.8) is 0 Å². The first-order valence-corrected chi connectivity index (χ1v) is 15.6. The normalized spacial score (nSPS) is 14.0. The molecule has 11 heteroatoms. The third kappa shape index (κ3) is 8.76.